The molecule has 0 spiro atoms. The summed E-state index contributed by atoms with van der Waals surface area (Å²) in [5, 5.41) is 11.9. The number of hydrogen-bond donors (Lipinski definition) is 1. The van der Waals surface area contributed by atoms with Gasteiger partial charge in [-0.05, 0) is 31.1 Å². The second-order valence-electron chi connectivity index (χ2n) is 4.03. The lowest BCUT2D eigenvalue weighted by atomic mass is 10.0. The molecule has 15 heavy (non-hydrogen) atoms. The zero-order valence-corrected chi connectivity index (χ0v) is 9.07. The molecule has 2 nitrogen and oxygen atoms in total. The largest absolute Gasteiger partial charge is 0.507 e. The molecule has 2 aromatic carbocycles. The van der Waals surface area contributed by atoms with Crippen LogP contribution in [0.25, 0.3) is 10.8 Å². The van der Waals surface area contributed by atoms with E-state index in [1.54, 1.807) is 6.07 Å². The van der Waals surface area contributed by atoms with E-state index >= 15 is 0 Å². The Balaban J connectivity index is 2.63. The summed E-state index contributed by atoms with van der Waals surface area (Å²) in [6, 6.07) is 11.7. The van der Waals surface area contributed by atoms with E-state index in [0.29, 0.717) is 5.75 Å². The van der Waals surface area contributed by atoms with Gasteiger partial charge in [-0.1, -0.05) is 30.3 Å². The van der Waals surface area contributed by atoms with Crippen LogP contribution in [-0.4, -0.2) is 24.1 Å². The van der Waals surface area contributed by atoms with Crippen LogP contribution in [0.5, 0.6) is 5.75 Å². The minimum atomic E-state index is 0.366. The van der Waals surface area contributed by atoms with Crippen molar-refractivity contribution in [2.24, 2.45) is 0 Å². The van der Waals surface area contributed by atoms with Gasteiger partial charge < -0.3 is 10.0 Å². The highest BCUT2D eigenvalue weighted by Crippen LogP contribution is 2.28. The summed E-state index contributed by atoms with van der Waals surface area (Å²) in [5.41, 5.74) is 1.16. The van der Waals surface area contributed by atoms with Gasteiger partial charge in [0, 0.05) is 11.9 Å². The Kier molecular flexibility index (Phi) is 2.60. The van der Waals surface area contributed by atoms with Crippen molar-refractivity contribution in [2.75, 3.05) is 14.1 Å². The molecule has 2 aromatic rings. The summed E-state index contributed by atoms with van der Waals surface area (Å²) in [5.74, 6) is 0.366. The first-order valence-corrected chi connectivity index (χ1v) is 5.03. The molecule has 0 fully saturated rings. The van der Waals surface area contributed by atoms with Gasteiger partial charge in [0.25, 0.3) is 0 Å². The molecular weight excluding hydrogens is 186 g/mol. The molecule has 2 heteroatoms. The van der Waals surface area contributed by atoms with Crippen molar-refractivity contribution in [3.8, 4) is 5.75 Å². The van der Waals surface area contributed by atoms with Crippen molar-refractivity contribution < 1.29 is 5.11 Å². The average molecular weight is 201 g/mol. The summed E-state index contributed by atoms with van der Waals surface area (Å²) in [7, 11) is 4.05. The predicted octanol–water partition coefficient (Wildman–Crippen LogP) is 2.61. The highest BCUT2D eigenvalue weighted by molar-refractivity contribution is 5.91. The Morgan fingerprint density at radius 3 is 2.40 bits per heavy atom. The van der Waals surface area contributed by atoms with Crippen LogP contribution in [0.2, 0.25) is 0 Å². The number of nitrogens with zero attached hydrogens (tertiary/aromatic N) is 1. The third-order valence-electron chi connectivity index (χ3n) is 2.46. The third-order valence-corrected chi connectivity index (χ3v) is 2.46. The minimum absolute atomic E-state index is 0.366. The highest BCUT2D eigenvalue weighted by Gasteiger charge is 2.05. The van der Waals surface area contributed by atoms with Gasteiger partial charge in [-0.25, -0.2) is 0 Å². The standard InChI is InChI=1S/C13H15NO/c1-14(2)9-11-7-3-5-10-6-4-8-12(15)13(10)11/h3-8,15H,9H2,1-2H3. The van der Waals surface area contributed by atoms with E-state index in [-0.39, 0.29) is 0 Å². The lowest BCUT2D eigenvalue weighted by molar-refractivity contribution is 0.403. The van der Waals surface area contributed by atoms with Gasteiger partial charge in [-0.15, -0.1) is 0 Å². The number of phenols is 1. The number of hydrogen-bond acceptors (Lipinski definition) is 2. The van der Waals surface area contributed by atoms with Crippen molar-refractivity contribution >= 4 is 10.8 Å². The first-order valence-electron chi connectivity index (χ1n) is 5.03. The summed E-state index contributed by atoms with van der Waals surface area (Å²) in [6.45, 7) is 0.842. The molecule has 1 N–H and O–H groups in total. The fourth-order valence-electron chi connectivity index (χ4n) is 1.87. The van der Waals surface area contributed by atoms with Crippen LogP contribution in [-0.2, 0) is 6.54 Å². The van der Waals surface area contributed by atoms with Gasteiger partial charge in [0.2, 0.25) is 0 Å². The normalized spacial score (nSPS) is 11.1. The number of phenolic OH excluding ortho intramolecular Hbond substituents is 1. The van der Waals surface area contributed by atoms with Crippen molar-refractivity contribution in [3.63, 3.8) is 0 Å². The molecule has 0 unspecified atom stereocenters. The fraction of sp³-hybridized carbons (Fsp3) is 0.231. The monoisotopic (exact) mass is 201 g/mol. The quantitative estimate of drug-likeness (QED) is 0.807. The van der Waals surface area contributed by atoms with Crippen LogP contribution in [0.3, 0.4) is 0 Å². The molecule has 0 heterocycles. The zero-order chi connectivity index (χ0) is 10.8. The Bertz CT molecular complexity index is 472. The molecule has 0 aromatic heterocycles. The van der Waals surface area contributed by atoms with Crippen LogP contribution >= 0.6 is 0 Å². The number of benzene rings is 2. The van der Waals surface area contributed by atoms with Gasteiger partial charge in [0.05, 0.1) is 0 Å². The van der Waals surface area contributed by atoms with Crippen molar-refractivity contribution in [2.45, 2.75) is 6.54 Å². The average Bonchev–Trinajstić information content (AvgIpc) is 2.17. The fourth-order valence-corrected chi connectivity index (χ4v) is 1.87. The number of aromatic hydroxyl groups is 1. The molecule has 0 saturated heterocycles. The molecule has 0 aliphatic heterocycles. The summed E-state index contributed by atoms with van der Waals surface area (Å²) >= 11 is 0. The Morgan fingerprint density at radius 1 is 1.07 bits per heavy atom. The molecule has 2 rings (SSSR count). The molecule has 0 aliphatic carbocycles. The zero-order valence-electron chi connectivity index (χ0n) is 9.07. The van der Waals surface area contributed by atoms with E-state index in [4.69, 9.17) is 0 Å². The van der Waals surface area contributed by atoms with Gasteiger partial charge in [0.15, 0.2) is 0 Å². The maximum atomic E-state index is 9.85. The van der Waals surface area contributed by atoms with E-state index < -0.39 is 0 Å². The van der Waals surface area contributed by atoms with E-state index in [1.165, 1.54) is 0 Å². The van der Waals surface area contributed by atoms with Crippen molar-refractivity contribution in [1.29, 1.82) is 0 Å². The van der Waals surface area contributed by atoms with Gasteiger partial charge in [-0.3, -0.25) is 0 Å². The van der Waals surface area contributed by atoms with E-state index in [1.807, 2.05) is 38.4 Å². The molecule has 0 bridgehead atoms. The second-order valence-corrected chi connectivity index (χ2v) is 4.03. The van der Waals surface area contributed by atoms with Crippen molar-refractivity contribution in [1.82, 2.24) is 4.90 Å². The molecule has 0 saturated carbocycles. The van der Waals surface area contributed by atoms with Crippen LogP contribution in [0.4, 0.5) is 0 Å². The van der Waals surface area contributed by atoms with Gasteiger partial charge in [-0.2, -0.15) is 0 Å². The minimum Gasteiger partial charge on any atom is -0.507 e. The topological polar surface area (TPSA) is 23.5 Å². The predicted molar refractivity (Wildman–Crippen MR) is 63.0 cm³/mol. The molecule has 0 amide bonds. The van der Waals surface area contributed by atoms with E-state index in [0.717, 1.165) is 22.9 Å². The smallest absolute Gasteiger partial charge is 0.123 e. The summed E-state index contributed by atoms with van der Waals surface area (Å²) < 4.78 is 0. The Hall–Kier alpha value is -1.54. The summed E-state index contributed by atoms with van der Waals surface area (Å²) in [4.78, 5) is 2.10. The maximum absolute atomic E-state index is 9.85. The molecule has 78 valence electrons. The van der Waals surface area contributed by atoms with Gasteiger partial charge >= 0.3 is 0 Å². The third kappa shape index (κ3) is 1.95. The highest BCUT2D eigenvalue weighted by atomic mass is 16.3. The Labute approximate surface area is 89.8 Å². The van der Waals surface area contributed by atoms with Gasteiger partial charge in [0.1, 0.15) is 5.75 Å². The van der Waals surface area contributed by atoms with E-state index in [2.05, 4.69) is 11.0 Å². The summed E-state index contributed by atoms with van der Waals surface area (Å²) in [6.07, 6.45) is 0. The van der Waals surface area contributed by atoms with Crippen LogP contribution < -0.4 is 0 Å². The van der Waals surface area contributed by atoms with E-state index in [9.17, 15) is 5.11 Å². The SMILES string of the molecule is CN(C)Cc1cccc2cccc(O)c12. The number of fused-ring (bicyclic) bond motifs is 1. The molecule has 0 atom stereocenters. The first kappa shape index (κ1) is 9.99. The lowest BCUT2D eigenvalue weighted by Gasteiger charge is -2.12. The van der Waals surface area contributed by atoms with Crippen molar-refractivity contribution in [3.05, 3.63) is 42.0 Å². The lowest BCUT2D eigenvalue weighted by Crippen LogP contribution is -2.10. The van der Waals surface area contributed by atoms with Crippen LogP contribution in [0.15, 0.2) is 36.4 Å². The molecular formula is C13H15NO. The first-order chi connectivity index (χ1) is 7.18. The van der Waals surface area contributed by atoms with Crippen LogP contribution in [0.1, 0.15) is 5.56 Å². The molecule has 0 radical (unpaired) electrons. The number of rotatable bonds is 2. The molecule has 0 aliphatic rings. The second kappa shape index (κ2) is 3.91. The maximum Gasteiger partial charge on any atom is 0.123 e. The van der Waals surface area contributed by atoms with Crippen LogP contribution in [0, 0.1) is 0 Å². The Morgan fingerprint density at radius 2 is 1.73 bits per heavy atom.